The average molecular weight is 468 g/mol. The fourth-order valence-corrected chi connectivity index (χ4v) is 3.97. The summed E-state index contributed by atoms with van der Waals surface area (Å²) in [6, 6.07) is 13.9. The molecule has 0 spiro atoms. The van der Waals surface area contributed by atoms with E-state index in [0.29, 0.717) is 45.9 Å². The van der Waals surface area contributed by atoms with Crippen LogP contribution in [0.1, 0.15) is 30.0 Å². The Morgan fingerprint density at radius 1 is 1.15 bits per heavy atom. The van der Waals surface area contributed by atoms with Gasteiger partial charge in [-0.2, -0.15) is 0 Å². The zero-order valence-electron chi connectivity index (χ0n) is 18.3. The maximum atomic E-state index is 13.2. The van der Waals surface area contributed by atoms with Gasteiger partial charge in [0.1, 0.15) is 34.8 Å². The van der Waals surface area contributed by atoms with Gasteiger partial charge in [-0.15, -0.1) is 0 Å². The molecule has 1 unspecified atom stereocenters. The molecular formula is C25H22ClNO6. The lowest BCUT2D eigenvalue weighted by Crippen LogP contribution is -2.29. The number of carbonyl (C=O) groups excluding carboxylic acids is 2. The number of benzene rings is 2. The number of anilines is 1. The summed E-state index contributed by atoms with van der Waals surface area (Å²) < 4.78 is 16.6. The average Bonchev–Trinajstić information content (AvgIpc) is 3.35. The Morgan fingerprint density at radius 3 is 2.61 bits per heavy atom. The molecule has 0 radical (unpaired) electrons. The molecule has 8 heteroatoms. The van der Waals surface area contributed by atoms with E-state index in [1.165, 1.54) is 18.1 Å². The minimum absolute atomic E-state index is 0.0954. The van der Waals surface area contributed by atoms with Crippen LogP contribution < -0.4 is 14.4 Å². The topological polar surface area (TPSA) is 89.2 Å². The molecule has 3 aromatic rings. The van der Waals surface area contributed by atoms with Crippen molar-refractivity contribution in [1.29, 1.82) is 0 Å². The standard InChI is InChI=1S/C25H22ClNO6/c1-4-32-20-12-15(9-10-18(20)26)23(28)21-22(19-11-8-14(2)33-19)27(25(30)24(21)29)16-6-5-7-17(13-16)31-3/h5-13,22,28H,4H2,1-3H3/b23-21-. The van der Waals surface area contributed by atoms with Gasteiger partial charge in [0, 0.05) is 17.3 Å². The number of nitrogens with zero attached hydrogens (tertiary/aromatic N) is 1. The number of ether oxygens (including phenoxy) is 2. The summed E-state index contributed by atoms with van der Waals surface area (Å²) in [6.07, 6.45) is 0. The SMILES string of the molecule is CCOc1cc(/C(O)=C2/C(=O)C(=O)N(c3cccc(OC)c3)C2c2ccc(C)o2)ccc1Cl. The second-order valence-electron chi connectivity index (χ2n) is 7.40. The fourth-order valence-electron chi connectivity index (χ4n) is 3.80. The number of amides is 1. The molecule has 4 rings (SSSR count). The van der Waals surface area contributed by atoms with Crippen molar-refractivity contribution in [2.24, 2.45) is 0 Å². The molecule has 170 valence electrons. The van der Waals surface area contributed by atoms with Crippen LogP contribution in [0.4, 0.5) is 5.69 Å². The van der Waals surface area contributed by atoms with Crippen LogP contribution in [0.2, 0.25) is 5.02 Å². The second kappa shape index (κ2) is 9.03. The number of Topliss-reactive ketones (excluding diaryl/α,β-unsaturated/α-hetero) is 1. The Balaban J connectivity index is 1.92. The quantitative estimate of drug-likeness (QED) is 0.301. The first-order chi connectivity index (χ1) is 15.8. The highest BCUT2D eigenvalue weighted by molar-refractivity contribution is 6.51. The highest BCUT2D eigenvalue weighted by Crippen LogP contribution is 2.43. The Bertz CT molecular complexity index is 1260. The molecule has 1 amide bonds. The Labute approximate surface area is 195 Å². The van der Waals surface area contributed by atoms with Crippen LogP contribution in [-0.4, -0.2) is 30.5 Å². The largest absolute Gasteiger partial charge is 0.507 e. The summed E-state index contributed by atoms with van der Waals surface area (Å²) in [6.45, 7) is 3.94. The predicted molar refractivity (Wildman–Crippen MR) is 124 cm³/mol. The highest BCUT2D eigenvalue weighted by Gasteiger charge is 2.48. The van der Waals surface area contributed by atoms with Crippen molar-refractivity contribution in [3.8, 4) is 11.5 Å². The molecule has 0 aliphatic carbocycles. The number of aliphatic hydroxyl groups excluding tert-OH is 1. The van der Waals surface area contributed by atoms with Crippen LogP contribution in [-0.2, 0) is 9.59 Å². The molecule has 33 heavy (non-hydrogen) atoms. The van der Waals surface area contributed by atoms with Gasteiger partial charge in [0.2, 0.25) is 0 Å². The summed E-state index contributed by atoms with van der Waals surface area (Å²) in [7, 11) is 1.51. The van der Waals surface area contributed by atoms with Crippen molar-refractivity contribution in [3.05, 3.63) is 82.3 Å². The van der Waals surface area contributed by atoms with Crippen molar-refractivity contribution in [2.75, 3.05) is 18.6 Å². The van der Waals surface area contributed by atoms with Crippen molar-refractivity contribution < 1.29 is 28.6 Å². The first kappa shape index (κ1) is 22.5. The van der Waals surface area contributed by atoms with Gasteiger partial charge in [0.05, 0.1) is 24.3 Å². The molecular weight excluding hydrogens is 446 g/mol. The zero-order valence-corrected chi connectivity index (χ0v) is 19.1. The van der Waals surface area contributed by atoms with E-state index in [4.69, 9.17) is 25.5 Å². The smallest absolute Gasteiger partial charge is 0.300 e. The fraction of sp³-hybridized carbons (Fsp3) is 0.200. The Hall–Kier alpha value is -3.71. The molecule has 1 aromatic heterocycles. The molecule has 2 aromatic carbocycles. The highest BCUT2D eigenvalue weighted by atomic mass is 35.5. The Morgan fingerprint density at radius 2 is 1.94 bits per heavy atom. The lowest BCUT2D eigenvalue weighted by atomic mass is 9.99. The maximum absolute atomic E-state index is 13.2. The maximum Gasteiger partial charge on any atom is 0.300 e. The third-order valence-corrected chi connectivity index (χ3v) is 5.62. The second-order valence-corrected chi connectivity index (χ2v) is 7.80. The van der Waals surface area contributed by atoms with E-state index in [1.807, 2.05) is 6.92 Å². The van der Waals surface area contributed by atoms with E-state index in [0.717, 1.165) is 0 Å². The molecule has 1 atom stereocenters. The molecule has 0 bridgehead atoms. The third kappa shape index (κ3) is 4.07. The number of rotatable bonds is 6. The van der Waals surface area contributed by atoms with E-state index >= 15 is 0 Å². The summed E-state index contributed by atoms with van der Waals surface area (Å²) in [5, 5.41) is 11.6. The number of ketones is 1. The van der Waals surface area contributed by atoms with Gasteiger partial charge in [-0.1, -0.05) is 17.7 Å². The number of hydrogen-bond donors (Lipinski definition) is 1. The van der Waals surface area contributed by atoms with Gasteiger partial charge in [-0.05, 0) is 56.3 Å². The monoisotopic (exact) mass is 467 g/mol. The van der Waals surface area contributed by atoms with Crippen LogP contribution in [0.3, 0.4) is 0 Å². The normalized spacial score (nSPS) is 17.5. The van der Waals surface area contributed by atoms with E-state index in [-0.39, 0.29) is 11.3 Å². The minimum atomic E-state index is -0.975. The van der Waals surface area contributed by atoms with Crippen molar-refractivity contribution in [2.45, 2.75) is 19.9 Å². The first-order valence-corrected chi connectivity index (χ1v) is 10.7. The lowest BCUT2D eigenvalue weighted by molar-refractivity contribution is -0.132. The Kier molecular flexibility index (Phi) is 6.16. The van der Waals surface area contributed by atoms with E-state index < -0.39 is 17.7 Å². The number of aryl methyl sites for hydroxylation is 1. The summed E-state index contributed by atoms with van der Waals surface area (Å²) in [4.78, 5) is 27.7. The van der Waals surface area contributed by atoms with E-state index in [9.17, 15) is 14.7 Å². The van der Waals surface area contributed by atoms with Gasteiger partial charge >= 0.3 is 0 Å². The molecule has 2 heterocycles. The number of furan rings is 1. The van der Waals surface area contributed by atoms with Crippen LogP contribution in [0.25, 0.3) is 5.76 Å². The number of hydrogen-bond acceptors (Lipinski definition) is 6. The lowest BCUT2D eigenvalue weighted by Gasteiger charge is -2.23. The third-order valence-electron chi connectivity index (χ3n) is 5.31. The number of methoxy groups -OCH3 is 1. The van der Waals surface area contributed by atoms with Crippen molar-refractivity contribution in [3.63, 3.8) is 0 Å². The number of carbonyl (C=O) groups is 2. The molecule has 1 fully saturated rings. The van der Waals surface area contributed by atoms with Crippen LogP contribution in [0.15, 0.2) is 64.6 Å². The summed E-state index contributed by atoms with van der Waals surface area (Å²) in [5.41, 5.74) is 0.627. The summed E-state index contributed by atoms with van der Waals surface area (Å²) in [5.74, 6) is -0.152. The van der Waals surface area contributed by atoms with Crippen LogP contribution >= 0.6 is 11.6 Å². The molecule has 1 N–H and O–H groups in total. The first-order valence-electron chi connectivity index (χ1n) is 10.3. The minimum Gasteiger partial charge on any atom is -0.507 e. The van der Waals surface area contributed by atoms with E-state index in [1.54, 1.807) is 55.5 Å². The van der Waals surface area contributed by atoms with E-state index in [2.05, 4.69) is 0 Å². The van der Waals surface area contributed by atoms with Crippen LogP contribution in [0, 0.1) is 6.92 Å². The van der Waals surface area contributed by atoms with Crippen molar-refractivity contribution >= 4 is 34.7 Å². The zero-order chi connectivity index (χ0) is 23.7. The molecule has 1 aliphatic rings. The van der Waals surface area contributed by atoms with Gasteiger partial charge in [-0.3, -0.25) is 14.5 Å². The number of halogens is 1. The van der Waals surface area contributed by atoms with Crippen molar-refractivity contribution in [1.82, 2.24) is 0 Å². The molecule has 7 nitrogen and oxygen atoms in total. The molecule has 1 saturated heterocycles. The van der Waals surface area contributed by atoms with Gasteiger partial charge in [0.25, 0.3) is 11.7 Å². The molecule has 0 saturated carbocycles. The van der Waals surface area contributed by atoms with Crippen LogP contribution in [0.5, 0.6) is 11.5 Å². The predicted octanol–water partition coefficient (Wildman–Crippen LogP) is 5.28. The molecule has 1 aliphatic heterocycles. The van der Waals surface area contributed by atoms with Gasteiger partial charge in [0.15, 0.2) is 0 Å². The van der Waals surface area contributed by atoms with Gasteiger partial charge < -0.3 is 19.0 Å². The van der Waals surface area contributed by atoms with Gasteiger partial charge in [-0.25, -0.2) is 0 Å². The number of aliphatic hydroxyl groups is 1. The summed E-state index contributed by atoms with van der Waals surface area (Å²) >= 11 is 6.17.